The number of piperidine rings is 1. The standard InChI is InChI=1S/C23H24N2O.2ClH/c1-16-20(6-4-17-3-2-12-25-22(16)17)18-5-7-21-19(15-18)8-9-23(26-21)10-13-24-14-11-23;;/h2-7,12,15,24H,8-11,13-14H2,1H3;2*1H. The molecule has 0 aliphatic carbocycles. The first-order valence-electron chi connectivity index (χ1n) is 9.62. The van der Waals surface area contributed by atoms with E-state index in [0.717, 1.165) is 50.0 Å². The molecular formula is C23H26Cl2N2O. The predicted molar refractivity (Wildman–Crippen MR) is 120 cm³/mol. The number of rotatable bonds is 1. The van der Waals surface area contributed by atoms with Crippen molar-refractivity contribution in [3.05, 3.63) is 59.8 Å². The summed E-state index contributed by atoms with van der Waals surface area (Å²) in [7, 11) is 0. The van der Waals surface area contributed by atoms with Crippen LogP contribution in [0.4, 0.5) is 0 Å². The highest BCUT2D eigenvalue weighted by atomic mass is 35.5. The summed E-state index contributed by atoms with van der Waals surface area (Å²) in [6, 6.07) is 15.2. The molecule has 3 aromatic rings. The molecule has 148 valence electrons. The Balaban J connectivity index is 0.00000112. The van der Waals surface area contributed by atoms with Crippen LogP contribution in [0.2, 0.25) is 0 Å². The normalized spacial score (nSPS) is 17.2. The van der Waals surface area contributed by atoms with E-state index in [2.05, 4.69) is 53.6 Å². The topological polar surface area (TPSA) is 34.1 Å². The van der Waals surface area contributed by atoms with Gasteiger partial charge in [0.25, 0.3) is 0 Å². The fourth-order valence-electron chi connectivity index (χ4n) is 4.53. The zero-order chi connectivity index (χ0) is 17.6. The summed E-state index contributed by atoms with van der Waals surface area (Å²) in [4.78, 5) is 4.58. The van der Waals surface area contributed by atoms with Crippen LogP contribution in [0.25, 0.3) is 22.0 Å². The van der Waals surface area contributed by atoms with Crippen molar-refractivity contribution in [2.45, 2.75) is 38.2 Å². The highest BCUT2D eigenvalue weighted by molar-refractivity contribution is 5.88. The minimum atomic E-state index is 0. The Labute approximate surface area is 178 Å². The molecule has 5 heteroatoms. The number of hydrogen-bond donors (Lipinski definition) is 1. The number of nitrogens with zero attached hydrogens (tertiary/aromatic N) is 1. The Hall–Kier alpha value is -1.81. The van der Waals surface area contributed by atoms with Crippen molar-refractivity contribution in [2.24, 2.45) is 0 Å². The van der Waals surface area contributed by atoms with Crippen molar-refractivity contribution in [1.82, 2.24) is 10.3 Å². The number of hydrogen-bond acceptors (Lipinski definition) is 3. The van der Waals surface area contributed by atoms with E-state index in [1.807, 2.05) is 12.3 Å². The molecule has 0 saturated carbocycles. The molecule has 0 bridgehead atoms. The first-order valence-corrected chi connectivity index (χ1v) is 9.62. The summed E-state index contributed by atoms with van der Waals surface area (Å²) >= 11 is 0. The van der Waals surface area contributed by atoms with E-state index in [1.54, 1.807) is 0 Å². The van der Waals surface area contributed by atoms with Gasteiger partial charge in [-0.25, -0.2) is 0 Å². The smallest absolute Gasteiger partial charge is 0.123 e. The van der Waals surface area contributed by atoms with Gasteiger partial charge in [0.05, 0.1) is 5.52 Å². The van der Waals surface area contributed by atoms with Crippen LogP contribution in [0.15, 0.2) is 48.7 Å². The molecule has 3 heterocycles. The van der Waals surface area contributed by atoms with Crippen molar-refractivity contribution in [3.8, 4) is 16.9 Å². The van der Waals surface area contributed by atoms with E-state index >= 15 is 0 Å². The SMILES string of the molecule is Cc1c(-c2ccc3c(c2)CCC2(CCNCC2)O3)ccc2cccnc12.Cl.Cl. The molecule has 2 aliphatic rings. The zero-order valence-electron chi connectivity index (χ0n) is 16.0. The molecule has 1 aromatic heterocycles. The Kier molecular flexibility index (Phi) is 6.18. The molecule has 0 atom stereocenters. The number of aromatic nitrogens is 1. The van der Waals surface area contributed by atoms with Crippen LogP contribution >= 0.6 is 24.8 Å². The lowest BCUT2D eigenvalue weighted by atomic mass is 9.83. The highest BCUT2D eigenvalue weighted by Gasteiger charge is 2.37. The third-order valence-corrected chi connectivity index (χ3v) is 6.09. The van der Waals surface area contributed by atoms with Gasteiger partial charge >= 0.3 is 0 Å². The third-order valence-electron chi connectivity index (χ3n) is 6.09. The number of nitrogens with one attached hydrogen (secondary N) is 1. The zero-order valence-corrected chi connectivity index (χ0v) is 17.7. The maximum absolute atomic E-state index is 6.50. The minimum absolute atomic E-state index is 0. The van der Waals surface area contributed by atoms with Crippen molar-refractivity contribution < 1.29 is 4.74 Å². The second kappa shape index (κ2) is 8.28. The van der Waals surface area contributed by atoms with Gasteiger partial charge in [-0.15, -0.1) is 24.8 Å². The van der Waals surface area contributed by atoms with Gasteiger partial charge < -0.3 is 10.1 Å². The summed E-state index contributed by atoms with van der Waals surface area (Å²) < 4.78 is 6.50. The van der Waals surface area contributed by atoms with Gasteiger partial charge in [-0.2, -0.15) is 0 Å². The number of halogens is 2. The molecule has 1 saturated heterocycles. The quantitative estimate of drug-likeness (QED) is 0.568. The molecular weight excluding hydrogens is 391 g/mol. The van der Waals surface area contributed by atoms with Crippen molar-refractivity contribution >= 4 is 35.7 Å². The van der Waals surface area contributed by atoms with Crippen molar-refractivity contribution in [1.29, 1.82) is 0 Å². The second-order valence-corrected chi connectivity index (χ2v) is 7.67. The monoisotopic (exact) mass is 416 g/mol. The van der Waals surface area contributed by atoms with Crippen molar-refractivity contribution in [3.63, 3.8) is 0 Å². The first kappa shape index (κ1) is 20.9. The average Bonchev–Trinajstić information content (AvgIpc) is 2.69. The largest absolute Gasteiger partial charge is 0.487 e. The lowest BCUT2D eigenvalue weighted by molar-refractivity contribution is 0.0170. The third kappa shape index (κ3) is 3.59. The van der Waals surface area contributed by atoms with E-state index in [-0.39, 0.29) is 30.4 Å². The van der Waals surface area contributed by atoms with Gasteiger partial charge in [-0.1, -0.05) is 24.3 Å². The maximum Gasteiger partial charge on any atom is 0.123 e. The van der Waals surface area contributed by atoms with E-state index in [9.17, 15) is 0 Å². The van der Waals surface area contributed by atoms with E-state index in [4.69, 9.17) is 4.74 Å². The summed E-state index contributed by atoms with van der Waals surface area (Å²) in [5, 5.41) is 4.64. The van der Waals surface area contributed by atoms with E-state index in [1.165, 1.54) is 27.6 Å². The van der Waals surface area contributed by atoms with Gasteiger partial charge in [0, 0.05) is 11.6 Å². The fraction of sp³-hybridized carbons (Fsp3) is 0.348. The molecule has 2 aromatic carbocycles. The molecule has 0 radical (unpaired) electrons. The number of fused-ring (bicyclic) bond motifs is 2. The predicted octanol–water partition coefficient (Wildman–Crippen LogP) is 5.50. The van der Waals surface area contributed by atoms with Gasteiger partial charge in [-0.05, 0) is 86.1 Å². The Bertz CT molecular complexity index is 983. The molecule has 1 fully saturated rings. The molecule has 28 heavy (non-hydrogen) atoms. The molecule has 3 nitrogen and oxygen atoms in total. The Morgan fingerprint density at radius 3 is 2.64 bits per heavy atom. The Morgan fingerprint density at radius 2 is 1.82 bits per heavy atom. The molecule has 2 aliphatic heterocycles. The number of aryl methyl sites for hydroxylation is 2. The van der Waals surface area contributed by atoms with Gasteiger partial charge in [0.15, 0.2) is 0 Å². The fourth-order valence-corrected chi connectivity index (χ4v) is 4.53. The molecule has 1 N–H and O–H groups in total. The van der Waals surface area contributed by atoms with Crippen molar-refractivity contribution in [2.75, 3.05) is 13.1 Å². The number of pyridine rings is 1. The van der Waals surface area contributed by atoms with Crippen LogP contribution in [-0.4, -0.2) is 23.7 Å². The molecule has 0 unspecified atom stereocenters. The Morgan fingerprint density at radius 1 is 1.00 bits per heavy atom. The second-order valence-electron chi connectivity index (χ2n) is 7.67. The first-order chi connectivity index (χ1) is 12.7. The van der Waals surface area contributed by atoms with Gasteiger partial charge in [0.1, 0.15) is 11.4 Å². The van der Waals surface area contributed by atoms with Crippen LogP contribution < -0.4 is 10.1 Å². The van der Waals surface area contributed by atoms with Crippen LogP contribution in [0.5, 0.6) is 5.75 Å². The molecule has 5 rings (SSSR count). The summed E-state index contributed by atoms with van der Waals surface area (Å²) in [5.74, 6) is 1.08. The van der Waals surface area contributed by atoms with Crippen LogP contribution in [-0.2, 0) is 6.42 Å². The number of ether oxygens (including phenoxy) is 1. The highest BCUT2D eigenvalue weighted by Crippen LogP contribution is 2.40. The van der Waals surface area contributed by atoms with Crippen LogP contribution in [0.1, 0.15) is 30.4 Å². The lowest BCUT2D eigenvalue weighted by Crippen LogP contribution is -2.48. The van der Waals surface area contributed by atoms with E-state index < -0.39 is 0 Å². The van der Waals surface area contributed by atoms with Crippen LogP contribution in [0.3, 0.4) is 0 Å². The minimum Gasteiger partial charge on any atom is -0.487 e. The van der Waals surface area contributed by atoms with Crippen LogP contribution in [0, 0.1) is 6.92 Å². The van der Waals surface area contributed by atoms with E-state index in [0.29, 0.717) is 0 Å². The summed E-state index contributed by atoms with van der Waals surface area (Å²) in [6.07, 6.45) is 6.34. The lowest BCUT2D eigenvalue weighted by Gasteiger charge is -2.41. The number of benzene rings is 2. The maximum atomic E-state index is 6.50. The molecule has 0 amide bonds. The molecule has 1 spiro atoms. The average molecular weight is 417 g/mol. The van der Waals surface area contributed by atoms with Gasteiger partial charge in [-0.3, -0.25) is 4.98 Å². The summed E-state index contributed by atoms with van der Waals surface area (Å²) in [5.41, 5.74) is 6.26. The summed E-state index contributed by atoms with van der Waals surface area (Å²) in [6.45, 7) is 4.30. The van der Waals surface area contributed by atoms with Gasteiger partial charge in [0.2, 0.25) is 0 Å².